The van der Waals surface area contributed by atoms with Gasteiger partial charge in [0.2, 0.25) is 5.91 Å². The van der Waals surface area contributed by atoms with E-state index in [1.54, 1.807) is 0 Å². The second-order valence-electron chi connectivity index (χ2n) is 3.57. The van der Waals surface area contributed by atoms with Crippen LogP contribution in [-0.4, -0.2) is 24.2 Å². The maximum Gasteiger partial charge on any atom is 0.224 e. The summed E-state index contributed by atoms with van der Waals surface area (Å²) in [5.41, 5.74) is 2.98. The monoisotopic (exact) mass is 206 g/mol. The summed E-state index contributed by atoms with van der Waals surface area (Å²) < 4.78 is 0. The molecule has 4 nitrogen and oxygen atoms in total. The van der Waals surface area contributed by atoms with Crippen molar-refractivity contribution in [2.45, 2.75) is 12.8 Å². The van der Waals surface area contributed by atoms with Gasteiger partial charge in [-0.2, -0.15) is 0 Å². The Morgan fingerprint density at radius 2 is 2.27 bits per heavy atom. The number of anilines is 2. The summed E-state index contributed by atoms with van der Waals surface area (Å²) in [7, 11) is 0. The van der Waals surface area contributed by atoms with E-state index in [4.69, 9.17) is 5.11 Å². The van der Waals surface area contributed by atoms with Crippen LogP contribution in [0.4, 0.5) is 11.4 Å². The number of fused-ring (bicyclic) bond motifs is 1. The van der Waals surface area contributed by atoms with Crippen LogP contribution in [0.25, 0.3) is 0 Å². The van der Waals surface area contributed by atoms with E-state index in [0.717, 1.165) is 17.8 Å². The molecule has 0 atom stereocenters. The lowest BCUT2D eigenvalue weighted by molar-refractivity contribution is -0.116. The van der Waals surface area contributed by atoms with Crippen molar-refractivity contribution in [3.8, 4) is 0 Å². The second kappa shape index (κ2) is 4.31. The first kappa shape index (κ1) is 9.98. The summed E-state index contributed by atoms with van der Waals surface area (Å²) >= 11 is 0. The summed E-state index contributed by atoms with van der Waals surface area (Å²) in [6.07, 6.45) is 1.37. The molecule has 2 rings (SSSR count). The van der Waals surface area contributed by atoms with Crippen molar-refractivity contribution in [1.29, 1.82) is 0 Å². The highest BCUT2D eigenvalue weighted by Gasteiger charge is 2.14. The Labute approximate surface area is 88.3 Å². The number of benzene rings is 1. The Bertz CT molecular complexity index is 377. The summed E-state index contributed by atoms with van der Waals surface area (Å²) in [5, 5.41) is 14.6. The minimum Gasteiger partial charge on any atom is -0.395 e. The van der Waals surface area contributed by atoms with Gasteiger partial charge in [-0.3, -0.25) is 4.79 Å². The van der Waals surface area contributed by atoms with E-state index in [1.165, 1.54) is 5.56 Å². The lowest BCUT2D eigenvalue weighted by atomic mass is 10.0. The number of carbonyl (C=O) groups excluding carboxylic acids is 1. The first-order valence-electron chi connectivity index (χ1n) is 5.07. The fraction of sp³-hybridized carbons (Fsp3) is 0.364. The van der Waals surface area contributed by atoms with Gasteiger partial charge in [-0.05, 0) is 24.1 Å². The third-order valence-corrected chi connectivity index (χ3v) is 2.45. The van der Waals surface area contributed by atoms with Crippen LogP contribution in [0.1, 0.15) is 12.0 Å². The molecule has 0 radical (unpaired) electrons. The molecule has 0 aromatic heterocycles. The van der Waals surface area contributed by atoms with E-state index in [1.807, 2.05) is 18.2 Å². The Morgan fingerprint density at radius 3 is 3.07 bits per heavy atom. The quantitative estimate of drug-likeness (QED) is 0.690. The summed E-state index contributed by atoms with van der Waals surface area (Å²) in [4.78, 5) is 11.2. The molecule has 80 valence electrons. The molecule has 3 N–H and O–H groups in total. The van der Waals surface area contributed by atoms with Gasteiger partial charge in [-0.25, -0.2) is 0 Å². The van der Waals surface area contributed by atoms with Gasteiger partial charge in [0, 0.05) is 24.3 Å². The van der Waals surface area contributed by atoms with Gasteiger partial charge >= 0.3 is 0 Å². The molecule has 1 aromatic rings. The Hall–Kier alpha value is -1.55. The van der Waals surface area contributed by atoms with Crippen LogP contribution >= 0.6 is 0 Å². The molecule has 0 saturated carbocycles. The Morgan fingerprint density at radius 1 is 1.40 bits per heavy atom. The summed E-state index contributed by atoms with van der Waals surface area (Å²) in [5.74, 6) is 0.0711. The van der Waals surface area contributed by atoms with Crippen LogP contribution < -0.4 is 10.6 Å². The standard InChI is InChI=1S/C11H14N2O2/c14-6-5-12-9-3-1-8-2-4-11(15)13-10(8)7-9/h1,3,7,12,14H,2,4-6H2,(H,13,15). The molecule has 0 spiro atoms. The molecule has 15 heavy (non-hydrogen) atoms. The number of carbonyl (C=O) groups is 1. The molecular formula is C11H14N2O2. The Kier molecular flexibility index (Phi) is 2.87. The number of aliphatic hydroxyl groups is 1. The van der Waals surface area contributed by atoms with Crippen LogP contribution in [0, 0.1) is 0 Å². The van der Waals surface area contributed by atoms with Gasteiger partial charge in [0.15, 0.2) is 0 Å². The number of rotatable bonds is 3. The van der Waals surface area contributed by atoms with Crippen molar-refractivity contribution < 1.29 is 9.90 Å². The van der Waals surface area contributed by atoms with E-state index in [-0.39, 0.29) is 12.5 Å². The minimum absolute atomic E-state index is 0.0711. The van der Waals surface area contributed by atoms with Gasteiger partial charge < -0.3 is 15.7 Å². The molecule has 0 bridgehead atoms. The molecule has 4 heteroatoms. The first-order valence-corrected chi connectivity index (χ1v) is 5.07. The molecule has 0 fully saturated rings. The maximum absolute atomic E-state index is 11.2. The Balaban J connectivity index is 2.17. The van der Waals surface area contributed by atoms with Crippen molar-refractivity contribution in [1.82, 2.24) is 0 Å². The maximum atomic E-state index is 11.2. The minimum atomic E-state index is 0.0711. The van der Waals surface area contributed by atoms with Crippen molar-refractivity contribution in [3.63, 3.8) is 0 Å². The van der Waals surface area contributed by atoms with E-state index < -0.39 is 0 Å². The van der Waals surface area contributed by atoms with Crippen molar-refractivity contribution >= 4 is 17.3 Å². The molecule has 1 amide bonds. The van der Waals surface area contributed by atoms with Crippen molar-refractivity contribution in [3.05, 3.63) is 23.8 Å². The number of aryl methyl sites for hydroxylation is 1. The number of amides is 1. The van der Waals surface area contributed by atoms with Gasteiger partial charge in [0.1, 0.15) is 0 Å². The van der Waals surface area contributed by atoms with Crippen LogP contribution in [0.2, 0.25) is 0 Å². The SMILES string of the molecule is O=C1CCc2ccc(NCCO)cc2N1. The van der Waals surface area contributed by atoms with Crippen LogP contribution in [0.5, 0.6) is 0 Å². The fourth-order valence-corrected chi connectivity index (χ4v) is 1.68. The molecule has 1 aromatic carbocycles. The third-order valence-electron chi connectivity index (χ3n) is 2.45. The summed E-state index contributed by atoms with van der Waals surface area (Å²) in [6, 6.07) is 5.88. The van der Waals surface area contributed by atoms with Gasteiger partial charge in [0.05, 0.1) is 6.61 Å². The van der Waals surface area contributed by atoms with Gasteiger partial charge in [-0.1, -0.05) is 6.07 Å². The van der Waals surface area contributed by atoms with Crippen LogP contribution in [0.3, 0.4) is 0 Å². The van der Waals surface area contributed by atoms with Crippen molar-refractivity contribution in [2.75, 3.05) is 23.8 Å². The lowest BCUT2D eigenvalue weighted by Gasteiger charge is -2.17. The highest BCUT2D eigenvalue weighted by molar-refractivity contribution is 5.94. The smallest absolute Gasteiger partial charge is 0.224 e. The largest absolute Gasteiger partial charge is 0.395 e. The first-order chi connectivity index (χ1) is 7.29. The van der Waals surface area contributed by atoms with E-state index in [0.29, 0.717) is 13.0 Å². The predicted octanol–water partition coefficient (Wildman–Crippen LogP) is 0.975. The zero-order valence-electron chi connectivity index (χ0n) is 8.42. The van der Waals surface area contributed by atoms with E-state index in [9.17, 15) is 4.79 Å². The number of aliphatic hydroxyl groups excluding tert-OH is 1. The number of hydrogen-bond acceptors (Lipinski definition) is 3. The second-order valence-corrected chi connectivity index (χ2v) is 3.57. The van der Waals surface area contributed by atoms with E-state index in [2.05, 4.69) is 10.6 Å². The third kappa shape index (κ3) is 2.27. The predicted molar refractivity (Wildman–Crippen MR) is 59.0 cm³/mol. The van der Waals surface area contributed by atoms with Crippen LogP contribution in [0.15, 0.2) is 18.2 Å². The number of hydrogen-bond donors (Lipinski definition) is 3. The average Bonchev–Trinajstić information content (AvgIpc) is 2.25. The highest BCUT2D eigenvalue weighted by Crippen LogP contribution is 2.25. The average molecular weight is 206 g/mol. The van der Waals surface area contributed by atoms with Gasteiger partial charge in [0.25, 0.3) is 0 Å². The fourth-order valence-electron chi connectivity index (χ4n) is 1.68. The zero-order valence-corrected chi connectivity index (χ0v) is 8.42. The molecule has 1 heterocycles. The summed E-state index contributed by atoms with van der Waals surface area (Å²) in [6.45, 7) is 0.621. The molecule has 0 saturated heterocycles. The van der Waals surface area contributed by atoms with Gasteiger partial charge in [-0.15, -0.1) is 0 Å². The number of nitrogens with one attached hydrogen (secondary N) is 2. The molecule has 0 unspecified atom stereocenters. The normalized spacial score (nSPS) is 14.3. The molecular weight excluding hydrogens is 192 g/mol. The lowest BCUT2D eigenvalue weighted by Crippen LogP contribution is -2.19. The molecule has 1 aliphatic rings. The molecule has 1 aliphatic heterocycles. The van der Waals surface area contributed by atoms with Crippen LogP contribution in [-0.2, 0) is 11.2 Å². The zero-order chi connectivity index (χ0) is 10.7. The van der Waals surface area contributed by atoms with E-state index >= 15 is 0 Å². The molecule has 0 aliphatic carbocycles. The highest BCUT2D eigenvalue weighted by atomic mass is 16.3. The van der Waals surface area contributed by atoms with Crippen molar-refractivity contribution in [2.24, 2.45) is 0 Å². The topological polar surface area (TPSA) is 61.4 Å².